The molecule has 7 heteroatoms. The molecule has 0 bridgehead atoms. The predicted molar refractivity (Wildman–Crippen MR) is 126 cm³/mol. The number of hydrogen-bond donors (Lipinski definition) is 1. The van der Waals surface area contributed by atoms with Crippen molar-refractivity contribution in [1.82, 2.24) is 9.13 Å². The number of nitrogens with one attached hydrogen (secondary N) is 1. The molecule has 0 aliphatic rings. The van der Waals surface area contributed by atoms with Crippen molar-refractivity contribution in [3.05, 3.63) is 90.9 Å². The van der Waals surface area contributed by atoms with Gasteiger partial charge in [0, 0.05) is 5.69 Å². The largest absolute Gasteiger partial charge is 0.336 e. The monoisotopic (exact) mass is 433 g/mol. The summed E-state index contributed by atoms with van der Waals surface area (Å²) < 4.78 is 2.97. The van der Waals surface area contributed by atoms with E-state index < -0.39 is 5.69 Å². The van der Waals surface area contributed by atoms with Crippen LogP contribution in [0.25, 0.3) is 15.9 Å². The van der Waals surface area contributed by atoms with Gasteiger partial charge < -0.3 is 5.32 Å². The molecule has 4 rings (SSSR count). The van der Waals surface area contributed by atoms with Gasteiger partial charge in [0.15, 0.2) is 0 Å². The van der Waals surface area contributed by atoms with Gasteiger partial charge in [-0.05, 0) is 61.9 Å². The quantitative estimate of drug-likeness (QED) is 0.527. The molecular formula is C24H23N3O3S. The summed E-state index contributed by atoms with van der Waals surface area (Å²) in [5.41, 5.74) is 4.69. The Balaban J connectivity index is 1.81. The fourth-order valence-corrected chi connectivity index (χ4v) is 4.79. The lowest BCUT2D eigenvalue weighted by Crippen LogP contribution is -2.40. The van der Waals surface area contributed by atoms with Crippen LogP contribution in [-0.4, -0.2) is 15.0 Å². The number of thiophene rings is 1. The molecule has 2 aromatic heterocycles. The number of nitrogens with zero attached hydrogens (tertiary/aromatic N) is 2. The average molecular weight is 434 g/mol. The first-order valence-electron chi connectivity index (χ1n) is 9.94. The van der Waals surface area contributed by atoms with Gasteiger partial charge in [-0.15, -0.1) is 11.3 Å². The molecule has 0 saturated heterocycles. The average Bonchev–Trinajstić information content (AvgIpc) is 3.19. The Kier molecular flexibility index (Phi) is 5.37. The lowest BCUT2D eigenvalue weighted by Gasteiger charge is -2.15. The highest BCUT2D eigenvalue weighted by Gasteiger charge is 2.19. The van der Waals surface area contributed by atoms with Crippen LogP contribution in [0.5, 0.6) is 0 Å². The van der Waals surface area contributed by atoms with E-state index in [-0.39, 0.29) is 18.0 Å². The van der Waals surface area contributed by atoms with Gasteiger partial charge in [-0.25, -0.2) is 9.36 Å². The highest BCUT2D eigenvalue weighted by molar-refractivity contribution is 7.17. The summed E-state index contributed by atoms with van der Waals surface area (Å²) >= 11 is 1.26. The van der Waals surface area contributed by atoms with Crippen molar-refractivity contribution < 1.29 is 4.79 Å². The molecule has 0 radical (unpaired) electrons. The van der Waals surface area contributed by atoms with Gasteiger partial charge in [0.05, 0.1) is 11.2 Å². The number of anilines is 1. The lowest BCUT2D eigenvalue weighted by molar-refractivity contribution is -0.116. The summed E-state index contributed by atoms with van der Waals surface area (Å²) in [4.78, 5) is 39.4. The molecule has 2 aromatic carbocycles. The third-order valence-electron chi connectivity index (χ3n) is 5.35. The lowest BCUT2D eigenvalue weighted by atomic mass is 10.1. The maximum Gasteiger partial charge on any atom is 0.336 e. The molecule has 0 unspecified atom stereocenters. The van der Waals surface area contributed by atoms with Crippen LogP contribution >= 0.6 is 11.3 Å². The van der Waals surface area contributed by atoms with Gasteiger partial charge in [0.2, 0.25) is 5.91 Å². The SMILES string of the molecule is Cc1cc(C)c(NC(=O)Cn2c(=O)n(-c3ccccc3C)c(=O)c3sccc32)c(C)c1. The van der Waals surface area contributed by atoms with Gasteiger partial charge in [-0.2, -0.15) is 0 Å². The van der Waals surface area contributed by atoms with Gasteiger partial charge in [0.25, 0.3) is 5.56 Å². The number of aryl methyl sites for hydroxylation is 4. The standard InChI is InChI=1S/C24H23N3O3S/c1-14-11-16(3)21(17(4)12-14)25-20(28)13-26-19-9-10-31-22(19)23(29)27(24(26)30)18-8-6-5-7-15(18)2/h5-12H,13H2,1-4H3,(H,25,28). The van der Waals surface area contributed by atoms with Crippen molar-refractivity contribution in [2.75, 3.05) is 5.32 Å². The van der Waals surface area contributed by atoms with Crippen LogP contribution in [0.3, 0.4) is 0 Å². The van der Waals surface area contributed by atoms with E-state index in [0.29, 0.717) is 15.9 Å². The second-order valence-corrected chi connectivity index (χ2v) is 8.67. The van der Waals surface area contributed by atoms with Crippen molar-refractivity contribution in [2.45, 2.75) is 34.2 Å². The molecule has 2 heterocycles. The summed E-state index contributed by atoms with van der Waals surface area (Å²) in [6, 6.07) is 12.9. The van der Waals surface area contributed by atoms with Crippen LogP contribution in [0.2, 0.25) is 0 Å². The molecule has 0 fully saturated rings. The van der Waals surface area contributed by atoms with Crippen LogP contribution in [0.4, 0.5) is 5.69 Å². The van der Waals surface area contributed by atoms with E-state index in [1.165, 1.54) is 15.9 Å². The topological polar surface area (TPSA) is 73.1 Å². The number of carbonyl (C=O) groups excluding carboxylic acids is 1. The summed E-state index contributed by atoms with van der Waals surface area (Å²) in [6.45, 7) is 7.55. The smallest absolute Gasteiger partial charge is 0.324 e. The van der Waals surface area contributed by atoms with E-state index in [1.54, 1.807) is 23.6 Å². The molecule has 0 aliphatic carbocycles. The highest BCUT2D eigenvalue weighted by atomic mass is 32.1. The highest BCUT2D eigenvalue weighted by Crippen LogP contribution is 2.22. The zero-order valence-electron chi connectivity index (χ0n) is 17.9. The zero-order valence-corrected chi connectivity index (χ0v) is 18.7. The van der Waals surface area contributed by atoms with Crippen molar-refractivity contribution >= 4 is 33.1 Å². The zero-order chi connectivity index (χ0) is 22.3. The van der Waals surface area contributed by atoms with E-state index in [2.05, 4.69) is 5.32 Å². The fourth-order valence-electron chi connectivity index (χ4n) is 3.97. The van der Waals surface area contributed by atoms with Crippen LogP contribution < -0.4 is 16.6 Å². The van der Waals surface area contributed by atoms with Crippen LogP contribution in [-0.2, 0) is 11.3 Å². The molecule has 0 atom stereocenters. The minimum Gasteiger partial charge on any atom is -0.324 e. The van der Waals surface area contributed by atoms with Gasteiger partial charge in [0.1, 0.15) is 11.2 Å². The van der Waals surface area contributed by atoms with Crippen LogP contribution in [0.15, 0.2) is 57.4 Å². The molecule has 0 saturated carbocycles. The van der Waals surface area contributed by atoms with E-state index >= 15 is 0 Å². The number of aromatic nitrogens is 2. The number of rotatable bonds is 4. The minimum absolute atomic E-state index is 0.189. The Morgan fingerprint density at radius 3 is 2.32 bits per heavy atom. The minimum atomic E-state index is -0.530. The second kappa shape index (κ2) is 8.00. The Morgan fingerprint density at radius 2 is 1.65 bits per heavy atom. The number of carbonyl (C=O) groups is 1. The predicted octanol–water partition coefficient (Wildman–Crippen LogP) is 4.09. The molecule has 6 nitrogen and oxygen atoms in total. The van der Waals surface area contributed by atoms with Gasteiger partial charge in [-0.1, -0.05) is 35.9 Å². The Bertz CT molecular complexity index is 1420. The second-order valence-electron chi connectivity index (χ2n) is 7.75. The van der Waals surface area contributed by atoms with Crippen molar-refractivity contribution in [3.8, 4) is 5.69 Å². The fraction of sp³-hybridized carbons (Fsp3) is 0.208. The molecule has 31 heavy (non-hydrogen) atoms. The number of hydrogen-bond acceptors (Lipinski definition) is 4. The first kappa shape index (κ1) is 20.8. The molecule has 1 amide bonds. The van der Waals surface area contributed by atoms with Crippen LogP contribution in [0.1, 0.15) is 22.3 Å². The van der Waals surface area contributed by atoms with Crippen molar-refractivity contribution in [2.24, 2.45) is 0 Å². The molecule has 0 aliphatic heterocycles. The van der Waals surface area contributed by atoms with Crippen molar-refractivity contribution in [3.63, 3.8) is 0 Å². The van der Waals surface area contributed by atoms with E-state index in [4.69, 9.17) is 0 Å². The molecule has 158 valence electrons. The van der Waals surface area contributed by atoms with Crippen LogP contribution in [0, 0.1) is 27.7 Å². The van der Waals surface area contributed by atoms with E-state index in [9.17, 15) is 14.4 Å². The van der Waals surface area contributed by atoms with E-state index in [0.717, 1.165) is 32.5 Å². The molecule has 4 aromatic rings. The Labute approximate surface area is 183 Å². The maximum absolute atomic E-state index is 13.4. The first-order chi connectivity index (χ1) is 14.8. The summed E-state index contributed by atoms with van der Waals surface area (Å²) in [6.07, 6.45) is 0. The number of fused-ring (bicyclic) bond motifs is 1. The third-order valence-corrected chi connectivity index (χ3v) is 6.25. The van der Waals surface area contributed by atoms with E-state index in [1.807, 2.05) is 52.0 Å². The maximum atomic E-state index is 13.4. The van der Waals surface area contributed by atoms with Gasteiger partial charge in [-0.3, -0.25) is 14.2 Å². The summed E-state index contributed by atoms with van der Waals surface area (Å²) in [5.74, 6) is -0.320. The van der Waals surface area contributed by atoms with Gasteiger partial charge >= 0.3 is 5.69 Å². The summed E-state index contributed by atoms with van der Waals surface area (Å²) in [7, 11) is 0. The number of amides is 1. The number of para-hydroxylation sites is 1. The normalized spacial score (nSPS) is 11.1. The first-order valence-corrected chi connectivity index (χ1v) is 10.8. The molecular weight excluding hydrogens is 410 g/mol. The number of benzene rings is 2. The van der Waals surface area contributed by atoms with Crippen molar-refractivity contribution in [1.29, 1.82) is 0 Å². The molecule has 0 spiro atoms. The summed E-state index contributed by atoms with van der Waals surface area (Å²) in [5, 5.41) is 4.70. The third kappa shape index (κ3) is 3.72. The Hall–Kier alpha value is -3.45. The Morgan fingerprint density at radius 1 is 0.968 bits per heavy atom. The molecule has 1 N–H and O–H groups in total.